The molecule has 0 unspecified atom stereocenters. The predicted molar refractivity (Wildman–Crippen MR) is 95.8 cm³/mol. The highest BCUT2D eigenvalue weighted by Gasteiger charge is 2.21. The van der Waals surface area contributed by atoms with Crippen molar-refractivity contribution >= 4 is 45.5 Å². The van der Waals surface area contributed by atoms with Gasteiger partial charge in [-0.05, 0) is 0 Å². The van der Waals surface area contributed by atoms with Crippen molar-refractivity contribution in [2.24, 2.45) is 0 Å². The molecule has 11 heteroatoms. The zero-order valence-corrected chi connectivity index (χ0v) is 14.7. The summed E-state index contributed by atoms with van der Waals surface area (Å²) in [6.45, 7) is 0. The lowest BCUT2D eigenvalue weighted by Gasteiger charge is -2.10. The van der Waals surface area contributed by atoms with E-state index in [0.29, 0.717) is 39.1 Å². The van der Waals surface area contributed by atoms with E-state index in [0.717, 1.165) is 0 Å². The highest BCUT2D eigenvalue weighted by molar-refractivity contribution is 6.33. The molecule has 0 aliphatic heterocycles. The molecule has 2 N–H and O–H groups in total. The van der Waals surface area contributed by atoms with Crippen LogP contribution in [0.1, 0.15) is 12.5 Å². The van der Waals surface area contributed by atoms with Crippen LogP contribution in [0.25, 0.3) is 22.3 Å². The number of nitrogens with zero attached hydrogens (tertiary/aromatic N) is 7. The van der Waals surface area contributed by atoms with Crippen molar-refractivity contribution < 1.29 is 5.11 Å². The molecule has 4 aromatic heterocycles. The third-order valence-electron chi connectivity index (χ3n) is 3.89. The van der Waals surface area contributed by atoms with E-state index >= 15 is 0 Å². The number of allylic oxidation sites excluding steroid dienone is 1. The molecule has 0 bridgehead atoms. The molecule has 0 fully saturated rings. The number of halogens is 2. The second kappa shape index (κ2) is 6.94. The molecule has 0 aromatic carbocycles. The van der Waals surface area contributed by atoms with Crippen LogP contribution in [0.3, 0.4) is 0 Å². The minimum Gasteiger partial charge on any atom is -0.389 e. The minimum atomic E-state index is -0.389. The van der Waals surface area contributed by atoms with Gasteiger partial charge in [0.25, 0.3) is 0 Å². The van der Waals surface area contributed by atoms with E-state index in [-0.39, 0.29) is 12.1 Å². The number of aromatic amines is 1. The van der Waals surface area contributed by atoms with Crippen LogP contribution in [0.2, 0.25) is 10.3 Å². The summed E-state index contributed by atoms with van der Waals surface area (Å²) in [5.41, 5.74) is 2.58. The SMILES string of the molecule is Clc1ncnc2nc[nH]c12.O[C@@H]1C=C[C@H](n2cnc3c(Cl)ncnc32)C1. The average Bonchev–Trinajstić information content (AvgIpc) is 3.35. The Labute approximate surface area is 156 Å². The summed E-state index contributed by atoms with van der Waals surface area (Å²) >= 11 is 11.6. The first kappa shape index (κ1) is 16.8. The molecule has 5 rings (SSSR count). The Kier molecular flexibility index (Phi) is 4.49. The lowest BCUT2D eigenvalue weighted by molar-refractivity contribution is 0.211. The Morgan fingerprint density at radius 1 is 1.00 bits per heavy atom. The molecule has 1 aliphatic rings. The number of hydrogen-bond acceptors (Lipinski definition) is 7. The van der Waals surface area contributed by atoms with Crippen LogP contribution >= 0.6 is 23.2 Å². The zero-order valence-electron chi connectivity index (χ0n) is 13.2. The van der Waals surface area contributed by atoms with Gasteiger partial charge in [0, 0.05) is 6.42 Å². The maximum Gasteiger partial charge on any atom is 0.182 e. The van der Waals surface area contributed by atoms with Crippen LogP contribution in [0.5, 0.6) is 0 Å². The van der Waals surface area contributed by atoms with Crippen LogP contribution in [0.4, 0.5) is 0 Å². The van der Waals surface area contributed by atoms with Crippen LogP contribution < -0.4 is 0 Å². The van der Waals surface area contributed by atoms with Crippen molar-refractivity contribution in [1.82, 2.24) is 39.5 Å². The van der Waals surface area contributed by atoms with Crippen molar-refractivity contribution in [3.63, 3.8) is 0 Å². The maximum absolute atomic E-state index is 9.45. The normalized spacial score (nSPS) is 19.0. The molecule has 0 spiro atoms. The largest absolute Gasteiger partial charge is 0.389 e. The van der Waals surface area contributed by atoms with Crippen molar-refractivity contribution in [2.45, 2.75) is 18.6 Å². The molecule has 0 radical (unpaired) electrons. The number of nitrogens with one attached hydrogen (secondary N) is 1. The van der Waals surface area contributed by atoms with Crippen LogP contribution in [-0.2, 0) is 0 Å². The summed E-state index contributed by atoms with van der Waals surface area (Å²) in [7, 11) is 0. The lowest BCUT2D eigenvalue weighted by Crippen LogP contribution is -2.07. The maximum atomic E-state index is 9.45. The molecular weight excluding hydrogens is 379 g/mol. The summed E-state index contributed by atoms with van der Waals surface area (Å²) in [4.78, 5) is 26.5. The van der Waals surface area contributed by atoms with E-state index in [9.17, 15) is 5.11 Å². The highest BCUT2D eigenvalue weighted by atomic mass is 35.5. The quantitative estimate of drug-likeness (QED) is 0.378. The summed E-state index contributed by atoms with van der Waals surface area (Å²) in [6.07, 6.45) is 9.99. The predicted octanol–water partition coefficient (Wildman–Crippen LogP) is 2.35. The second-order valence-electron chi connectivity index (χ2n) is 5.51. The van der Waals surface area contributed by atoms with Crippen LogP contribution in [0.15, 0.2) is 37.5 Å². The molecule has 1 aliphatic carbocycles. The average molecular weight is 391 g/mol. The van der Waals surface area contributed by atoms with E-state index in [1.165, 1.54) is 19.0 Å². The van der Waals surface area contributed by atoms with E-state index in [4.69, 9.17) is 23.2 Å². The molecule has 4 heterocycles. The van der Waals surface area contributed by atoms with Gasteiger partial charge in [0.2, 0.25) is 0 Å². The molecule has 0 saturated carbocycles. The number of aliphatic hydroxyl groups is 1. The van der Waals surface area contributed by atoms with Gasteiger partial charge in [-0.1, -0.05) is 35.4 Å². The van der Waals surface area contributed by atoms with Gasteiger partial charge in [0.1, 0.15) is 23.7 Å². The third kappa shape index (κ3) is 3.12. The van der Waals surface area contributed by atoms with Gasteiger partial charge in [0.05, 0.1) is 24.8 Å². The monoisotopic (exact) mass is 390 g/mol. The molecular formula is C15H12Cl2N8O. The third-order valence-corrected chi connectivity index (χ3v) is 4.45. The van der Waals surface area contributed by atoms with Gasteiger partial charge in [-0.3, -0.25) is 0 Å². The second-order valence-corrected chi connectivity index (χ2v) is 6.23. The van der Waals surface area contributed by atoms with Crippen molar-refractivity contribution in [3.05, 3.63) is 47.8 Å². The summed E-state index contributed by atoms with van der Waals surface area (Å²) in [5.74, 6) is 0. The van der Waals surface area contributed by atoms with Gasteiger partial charge >= 0.3 is 0 Å². The lowest BCUT2D eigenvalue weighted by atomic mass is 10.2. The Balaban J connectivity index is 0.000000144. The minimum absolute atomic E-state index is 0.0889. The van der Waals surface area contributed by atoms with Crippen molar-refractivity contribution in [1.29, 1.82) is 0 Å². The van der Waals surface area contributed by atoms with E-state index in [1.54, 1.807) is 12.4 Å². The number of aromatic nitrogens is 8. The molecule has 26 heavy (non-hydrogen) atoms. The number of fused-ring (bicyclic) bond motifs is 2. The van der Waals surface area contributed by atoms with Gasteiger partial charge in [0.15, 0.2) is 21.6 Å². The summed E-state index contributed by atoms with van der Waals surface area (Å²) in [6, 6.07) is 0.0889. The molecule has 4 aromatic rings. The number of aliphatic hydroxyl groups excluding tert-OH is 1. The van der Waals surface area contributed by atoms with Crippen molar-refractivity contribution in [2.75, 3.05) is 0 Å². The summed E-state index contributed by atoms with van der Waals surface area (Å²) < 4.78 is 1.90. The molecule has 9 nitrogen and oxygen atoms in total. The smallest absolute Gasteiger partial charge is 0.182 e. The zero-order chi connectivity index (χ0) is 18.1. The molecule has 0 saturated heterocycles. The fraction of sp³-hybridized carbons (Fsp3) is 0.200. The van der Waals surface area contributed by atoms with Gasteiger partial charge in [-0.15, -0.1) is 0 Å². The van der Waals surface area contributed by atoms with Crippen LogP contribution in [0, 0.1) is 0 Å². The highest BCUT2D eigenvalue weighted by Crippen LogP contribution is 2.27. The van der Waals surface area contributed by atoms with Gasteiger partial charge in [-0.25, -0.2) is 29.9 Å². The van der Waals surface area contributed by atoms with Crippen LogP contribution in [-0.4, -0.2) is 50.7 Å². The fourth-order valence-electron chi connectivity index (χ4n) is 2.67. The Morgan fingerprint density at radius 3 is 2.58 bits per heavy atom. The fourth-order valence-corrected chi connectivity index (χ4v) is 3.03. The number of hydrogen-bond donors (Lipinski definition) is 2. The first-order chi connectivity index (χ1) is 12.6. The van der Waals surface area contributed by atoms with E-state index in [2.05, 4.69) is 34.9 Å². The first-order valence-corrected chi connectivity index (χ1v) is 8.38. The van der Waals surface area contributed by atoms with Gasteiger partial charge < -0.3 is 14.7 Å². The first-order valence-electron chi connectivity index (χ1n) is 7.62. The Hall–Kier alpha value is -2.62. The molecule has 0 amide bonds. The topological polar surface area (TPSA) is 118 Å². The number of H-pyrrole nitrogens is 1. The molecule has 2 atom stereocenters. The standard InChI is InChI=1S/C10H9ClN4O.C5H3ClN4/c11-9-8-10(13-4-12-9)15(5-14-8)6-1-2-7(16)3-6;6-4-3-5(9-1-7-3)10-2-8-4/h1-2,4-7,16H,3H2;1-2H,(H,7,8,9,10)/t6-,7+;/m0./s1. The Bertz CT molecular complexity index is 1090. The molecule has 132 valence electrons. The van der Waals surface area contributed by atoms with Crippen molar-refractivity contribution in [3.8, 4) is 0 Å². The van der Waals surface area contributed by atoms with Gasteiger partial charge in [-0.2, -0.15) is 0 Å². The van der Waals surface area contributed by atoms with E-state index < -0.39 is 0 Å². The number of imidazole rings is 2. The van der Waals surface area contributed by atoms with E-state index in [1.807, 2.05) is 10.6 Å². The summed E-state index contributed by atoms with van der Waals surface area (Å²) in [5, 5.41) is 10.2. The number of rotatable bonds is 1. The Morgan fingerprint density at radius 2 is 1.81 bits per heavy atom.